The molecule has 3 nitrogen and oxygen atoms in total. The number of aromatic nitrogens is 1. The Balaban J connectivity index is 0.000000320. The van der Waals surface area contributed by atoms with Gasteiger partial charge in [0.25, 0.3) is 0 Å². The molecule has 0 fully saturated rings. The van der Waals surface area contributed by atoms with E-state index in [0.29, 0.717) is 5.92 Å². The monoisotopic (exact) mass is 951 g/mol. The van der Waals surface area contributed by atoms with Gasteiger partial charge in [-0.1, -0.05) is 117 Å². The number of aliphatic hydroxyl groups is 1. The van der Waals surface area contributed by atoms with Gasteiger partial charge in [-0.3, -0.25) is 9.78 Å². The summed E-state index contributed by atoms with van der Waals surface area (Å²) in [5.41, 5.74) is 7.80. The van der Waals surface area contributed by atoms with E-state index in [-0.39, 0.29) is 47.9 Å². The molecule has 0 aliphatic heterocycles. The molecule has 0 saturated carbocycles. The molecule has 3 aromatic heterocycles. The van der Waals surface area contributed by atoms with E-state index in [1.807, 2.05) is 52.9 Å². The van der Waals surface area contributed by atoms with Crippen LogP contribution < -0.4 is 0 Å². The molecule has 6 heteroatoms. The molecule has 0 amide bonds. The number of hydrogen-bond donors (Lipinski definition) is 1. The van der Waals surface area contributed by atoms with E-state index in [4.69, 9.17) is 4.98 Å². The number of hydrogen-bond acceptors (Lipinski definition) is 5. The Morgan fingerprint density at radius 3 is 2.15 bits per heavy atom. The molecule has 0 bridgehead atoms. The van der Waals surface area contributed by atoms with Crippen LogP contribution in [0.15, 0.2) is 77.9 Å². The number of benzene rings is 3. The van der Waals surface area contributed by atoms with Gasteiger partial charge in [-0.05, 0) is 96.0 Å². The van der Waals surface area contributed by atoms with Crippen LogP contribution in [0, 0.1) is 29.7 Å². The van der Waals surface area contributed by atoms with Gasteiger partial charge in [0.05, 0.1) is 10.2 Å². The second kappa shape index (κ2) is 18.0. The number of pyridine rings is 1. The van der Waals surface area contributed by atoms with Gasteiger partial charge in [-0.15, -0.1) is 51.8 Å². The molecule has 55 heavy (non-hydrogen) atoms. The molecule has 0 aliphatic carbocycles. The van der Waals surface area contributed by atoms with E-state index in [1.165, 1.54) is 53.4 Å². The van der Waals surface area contributed by atoms with Crippen LogP contribution in [0.3, 0.4) is 0 Å². The number of allylic oxidation sites excluding steroid dienone is 2. The predicted octanol–water partition coefficient (Wildman–Crippen LogP) is 15.3. The number of carbonyl (C=O) groups excluding carboxylic acids is 1. The summed E-state index contributed by atoms with van der Waals surface area (Å²) in [4.78, 5) is 18.8. The SMILES string of the molecule is CCC(C)(CC)C(=O)/C=C(\O)C(C)(CC)CC.Cc1c(CC(C)C)sc2ccc(-c3cc(-c4[c-]c5ccccc5c(C(C)(C)C)c4)nc4ccsc34)cc12.[Ir]. The van der Waals surface area contributed by atoms with Crippen molar-refractivity contribution in [2.24, 2.45) is 16.7 Å². The minimum atomic E-state index is -0.337. The molecule has 0 unspecified atom stereocenters. The van der Waals surface area contributed by atoms with Crippen molar-refractivity contribution < 1.29 is 30.0 Å². The molecule has 0 atom stereocenters. The van der Waals surface area contributed by atoms with E-state index in [2.05, 4.69) is 114 Å². The van der Waals surface area contributed by atoms with Crippen LogP contribution in [-0.4, -0.2) is 15.9 Å². The molecule has 3 aromatic carbocycles. The first-order valence-corrected chi connectivity index (χ1v) is 21.5. The van der Waals surface area contributed by atoms with Crippen molar-refractivity contribution in [2.75, 3.05) is 0 Å². The summed E-state index contributed by atoms with van der Waals surface area (Å²) < 4.78 is 2.63. The van der Waals surface area contributed by atoms with E-state index >= 15 is 0 Å². The maximum absolute atomic E-state index is 12.2. The van der Waals surface area contributed by atoms with Gasteiger partial charge in [-0.2, -0.15) is 0 Å². The van der Waals surface area contributed by atoms with Crippen LogP contribution >= 0.6 is 22.7 Å². The molecular formula is C49H60IrNO2S2-. The number of rotatable bonds is 11. The second-order valence-corrected chi connectivity index (χ2v) is 19.0. The van der Waals surface area contributed by atoms with E-state index in [1.54, 1.807) is 11.3 Å². The topological polar surface area (TPSA) is 50.2 Å². The average Bonchev–Trinajstić information content (AvgIpc) is 3.76. The fourth-order valence-electron chi connectivity index (χ4n) is 6.99. The van der Waals surface area contributed by atoms with Gasteiger partial charge < -0.3 is 5.11 Å². The Kier molecular flexibility index (Phi) is 14.6. The zero-order chi connectivity index (χ0) is 39.6. The Hall–Kier alpha value is -3.15. The van der Waals surface area contributed by atoms with Gasteiger partial charge in [0.15, 0.2) is 5.78 Å². The number of aliphatic hydroxyl groups excluding tert-OH is 1. The number of aryl methyl sites for hydroxylation is 1. The van der Waals surface area contributed by atoms with E-state index in [9.17, 15) is 9.90 Å². The van der Waals surface area contributed by atoms with Crippen LogP contribution in [0.2, 0.25) is 0 Å². The summed E-state index contributed by atoms with van der Waals surface area (Å²) in [7, 11) is 0. The molecule has 0 aliphatic rings. The number of fused-ring (bicyclic) bond motifs is 3. The third-order valence-electron chi connectivity index (χ3n) is 11.8. The first-order chi connectivity index (χ1) is 25.5. The number of carbonyl (C=O) groups is 1. The van der Waals surface area contributed by atoms with Crippen LogP contribution in [0.5, 0.6) is 0 Å². The third-order valence-corrected chi connectivity index (χ3v) is 14.0. The number of nitrogens with zero attached hydrogens (tertiary/aromatic N) is 1. The van der Waals surface area contributed by atoms with E-state index < -0.39 is 0 Å². The van der Waals surface area contributed by atoms with Gasteiger partial charge in [0.2, 0.25) is 0 Å². The Morgan fingerprint density at radius 1 is 0.873 bits per heavy atom. The van der Waals surface area contributed by atoms with Gasteiger partial charge in [0, 0.05) is 52.3 Å². The molecule has 6 aromatic rings. The fourth-order valence-corrected chi connectivity index (χ4v) is 9.26. The first kappa shape index (κ1) is 44.6. The standard InChI is InChI=1S/C34H32NS2.C15H28O2.Ir/c1-20(2)15-32-21(3)26-17-23(11-12-31(26)37-32)27-19-30(35-29-13-14-36-33(27)29)24-16-22-9-7-8-10-25(22)28(18-24)34(4,5)6;1-7-14(5,8-2)12(16)11-13(17)15(6,9-3)10-4;/h7-14,17-20H,15H2,1-6H3;11,16H,7-10H2,1-6H3;/q-1;;/b;12-11-;. The fraction of sp³-hybridized carbons (Fsp3) is 0.429. The smallest absolute Gasteiger partial charge is 0.164 e. The molecule has 1 N–H and O–H groups in total. The van der Waals surface area contributed by atoms with Crippen molar-refractivity contribution in [3.8, 4) is 22.4 Å². The van der Waals surface area contributed by atoms with Gasteiger partial charge in [0.1, 0.15) is 5.76 Å². The summed E-state index contributed by atoms with van der Waals surface area (Å²) in [5.74, 6) is 0.949. The molecule has 1 radical (unpaired) electrons. The molecule has 3 heterocycles. The zero-order valence-corrected chi connectivity index (χ0v) is 39.0. The summed E-state index contributed by atoms with van der Waals surface area (Å²) in [5, 5.41) is 16.1. The van der Waals surface area contributed by atoms with Crippen LogP contribution in [0.1, 0.15) is 118 Å². The Labute approximate surface area is 352 Å². The zero-order valence-electron chi connectivity index (χ0n) is 35.0. The second-order valence-electron chi connectivity index (χ2n) is 17.0. The summed E-state index contributed by atoms with van der Waals surface area (Å²) in [6.07, 6.45) is 5.90. The van der Waals surface area contributed by atoms with Crippen LogP contribution in [0.4, 0.5) is 0 Å². The number of thiophene rings is 2. The normalized spacial score (nSPS) is 12.6. The minimum absolute atomic E-state index is 0. The summed E-state index contributed by atoms with van der Waals surface area (Å²) in [6.45, 7) is 25.8. The maximum Gasteiger partial charge on any atom is 0.164 e. The predicted molar refractivity (Wildman–Crippen MR) is 237 cm³/mol. The summed E-state index contributed by atoms with van der Waals surface area (Å²) >= 11 is 3.73. The van der Waals surface area contributed by atoms with Crippen molar-refractivity contribution in [3.63, 3.8) is 0 Å². The van der Waals surface area contributed by atoms with Gasteiger partial charge >= 0.3 is 0 Å². The van der Waals surface area contributed by atoms with Crippen molar-refractivity contribution in [2.45, 2.75) is 121 Å². The van der Waals surface area contributed by atoms with Gasteiger partial charge in [-0.25, -0.2) is 0 Å². The van der Waals surface area contributed by atoms with Crippen molar-refractivity contribution >= 4 is 59.5 Å². The minimum Gasteiger partial charge on any atom is -0.512 e. The quantitative estimate of drug-likeness (QED) is 0.0800. The molecule has 295 valence electrons. The summed E-state index contributed by atoms with van der Waals surface area (Å²) in [6, 6.07) is 26.0. The largest absolute Gasteiger partial charge is 0.512 e. The van der Waals surface area contributed by atoms with Crippen molar-refractivity contribution in [1.29, 1.82) is 0 Å². The Morgan fingerprint density at radius 2 is 1.53 bits per heavy atom. The first-order valence-electron chi connectivity index (χ1n) is 19.8. The number of ketones is 1. The van der Waals surface area contributed by atoms with Crippen molar-refractivity contribution in [1.82, 2.24) is 4.98 Å². The van der Waals surface area contributed by atoms with Crippen molar-refractivity contribution in [3.05, 3.63) is 99.9 Å². The Bertz CT molecular complexity index is 2290. The molecule has 6 rings (SSSR count). The third kappa shape index (κ3) is 9.53. The average molecular weight is 951 g/mol. The molecule has 0 spiro atoms. The van der Waals surface area contributed by atoms with Crippen LogP contribution in [-0.2, 0) is 36.7 Å². The maximum atomic E-state index is 12.2. The molecular weight excluding hydrogens is 891 g/mol. The van der Waals surface area contributed by atoms with Crippen LogP contribution in [0.25, 0.3) is 53.5 Å². The van der Waals surface area contributed by atoms with E-state index in [0.717, 1.165) is 54.3 Å². The molecule has 0 saturated heterocycles.